The van der Waals surface area contributed by atoms with Crippen LogP contribution in [0.5, 0.6) is 5.88 Å². The van der Waals surface area contributed by atoms with Crippen LogP contribution in [0.4, 0.5) is 0 Å². The normalized spacial score (nSPS) is 10.7. The lowest BCUT2D eigenvalue weighted by atomic mass is 10.4. The van der Waals surface area contributed by atoms with Gasteiger partial charge in [0.1, 0.15) is 10.8 Å². The second-order valence-electron chi connectivity index (χ2n) is 3.19. The minimum atomic E-state index is 0.0655. The van der Waals surface area contributed by atoms with Crippen LogP contribution in [0.2, 0.25) is 0 Å². The molecule has 74 valence electrons. The number of nitrogens with zero attached hydrogens (tertiary/aromatic N) is 3. The van der Waals surface area contributed by atoms with Gasteiger partial charge in [-0.1, -0.05) is 0 Å². The molecule has 0 atom stereocenters. The lowest BCUT2D eigenvalue weighted by Gasteiger charge is -1.96. The molecule has 2 heterocycles. The molecule has 0 spiro atoms. The summed E-state index contributed by atoms with van der Waals surface area (Å²) in [6.07, 6.45) is 2.27. The summed E-state index contributed by atoms with van der Waals surface area (Å²) < 4.78 is 1.81. The van der Waals surface area contributed by atoms with Crippen molar-refractivity contribution in [1.82, 2.24) is 14.5 Å². The monoisotopic (exact) mass is 209 g/mol. The van der Waals surface area contributed by atoms with Crippen molar-refractivity contribution in [3.8, 4) is 5.88 Å². The summed E-state index contributed by atoms with van der Waals surface area (Å²) in [4.78, 5) is 8.34. The van der Waals surface area contributed by atoms with E-state index in [2.05, 4.69) is 9.97 Å². The van der Waals surface area contributed by atoms with E-state index in [4.69, 9.17) is 5.11 Å². The average Bonchev–Trinajstić information content (AvgIpc) is 2.61. The van der Waals surface area contributed by atoms with Crippen LogP contribution in [0.15, 0.2) is 11.6 Å². The van der Waals surface area contributed by atoms with Gasteiger partial charge < -0.3 is 9.67 Å². The Hall–Kier alpha value is -1.36. The number of aryl methyl sites for hydroxylation is 2. The van der Waals surface area contributed by atoms with Gasteiger partial charge in [-0.25, -0.2) is 4.98 Å². The zero-order chi connectivity index (χ0) is 10.1. The molecule has 0 aliphatic rings. The molecule has 0 amide bonds. The SMILES string of the molecule is Cc1csc(Cc2nc(O)cn2C)n1. The maximum absolute atomic E-state index is 9.17. The molecule has 14 heavy (non-hydrogen) atoms. The van der Waals surface area contributed by atoms with Gasteiger partial charge in [0.15, 0.2) is 0 Å². The molecule has 1 N–H and O–H groups in total. The van der Waals surface area contributed by atoms with Gasteiger partial charge in [0.25, 0.3) is 0 Å². The molecule has 0 aliphatic heterocycles. The molecule has 0 saturated heterocycles. The number of aromatic nitrogens is 3. The largest absolute Gasteiger partial charge is 0.492 e. The molecule has 0 saturated carbocycles. The van der Waals surface area contributed by atoms with Gasteiger partial charge in [0, 0.05) is 18.1 Å². The summed E-state index contributed by atoms with van der Waals surface area (Å²) in [6, 6.07) is 0. The second-order valence-corrected chi connectivity index (χ2v) is 4.13. The van der Waals surface area contributed by atoms with E-state index in [9.17, 15) is 0 Å². The molecular formula is C9H11N3OS. The number of hydrogen-bond donors (Lipinski definition) is 1. The lowest BCUT2D eigenvalue weighted by Crippen LogP contribution is -1.97. The molecule has 2 rings (SSSR count). The Labute approximate surface area is 85.9 Å². The van der Waals surface area contributed by atoms with Gasteiger partial charge in [0.05, 0.1) is 12.6 Å². The van der Waals surface area contributed by atoms with E-state index in [0.29, 0.717) is 6.42 Å². The van der Waals surface area contributed by atoms with Crippen LogP contribution >= 0.6 is 11.3 Å². The van der Waals surface area contributed by atoms with Crippen molar-refractivity contribution in [3.05, 3.63) is 28.1 Å². The van der Waals surface area contributed by atoms with E-state index in [0.717, 1.165) is 16.5 Å². The maximum atomic E-state index is 9.17. The highest BCUT2D eigenvalue weighted by molar-refractivity contribution is 7.09. The Balaban J connectivity index is 2.22. The number of hydrogen-bond acceptors (Lipinski definition) is 4. The Morgan fingerprint density at radius 3 is 2.79 bits per heavy atom. The predicted octanol–water partition coefficient (Wildman–Crippen LogP) is 1.48. The summed E-state index contributed by atoms with van der Waals surface area (Å²) in [5, 5.41) is 12.2. The fourth-order valence-corrected chi connectivity index (χ4v) is 2.04. The van der Waals surface area contributed by atoms with E-state index in [-0.39, 0.29) is 5.88 Å². The zero-order valence-electron chi connectivity index (χ0n) is 8.06. The Morgan fingerprint density at radius 1 is 1.50 bits per heavy atom. The first-order valence-corrected chi connectivity index (χ1v) is 5.15. The third-order valence-corrected chi connectivity index (χ3v) is 2.90. The third-order valence-electron chi connectivity index (χ3n) is 1.94. The summed E-state index contributed by atoms with van der Waals surface area (Å²) in [5.41, 5.74) is 1.03. The van der Waals surface area contributed by atoms with Crippen LogP contribution < -0.4 is 0 Å². The van der Waals surface area contributed by atoms with Gasteiger partial charge in [0.2, 0.25) is 5.88 Å². The molecule has 5 heteroatoms. The van der Waals surface area contributed by atoms with E-state index >= 15 is 0 Å². The van der Waals surface area contributed by atoms with E-state index in [1.807, 2.05) is 23.9 Å². The van der Waals surface area contributed by atoms with Gasteiger partial charge in [-0.2, -0.15) is 4.98 Å². The van der Waals surface area contributed by atoms with Crippen molar-refractivity contribution >= 4 is 11.3 Å². The standard InChI is InChI=1S/C9H11N3OS/c1-6-5-14-9(10-6)3-7-11-8(13)4-12(7)2/h4-5,13H,3H2,1-2H3. The van der Waals surface area contributed by atoms with Crippen molar-refractivity contribution in [2.45, 2.75) is 13.3 Å². The Kier molecular flexibility index (Phi) is 2.25. The topological polar surface area (TPSA) is 50.9 Å². The molecule has 0 aliphatic carbocycles. The minimum absolute atomic E-state index is 0.0655. The Bertz CT molecular complexity index is 447. The van der Waals surface area contributed by atoms with Crippen LogP contribution in [0.25, 0.3) is 0 Å². The van der Waals surface area contributed by atoms with Crippen molar-refractivity contribution < 1.29 is 5.11 Å². The number of thiazole rings is 1. The fraction of sp³-hybridized carbons (Fsp3) is 0.333. The number of imidazole rings is 1. The van der Waals surface area contributed by atoms with Crippen LogP contribution in [-0.2, 0) is 13.5 Å². The highest BCUT2D eigenvalue weighted by Crippen LogP contribution is 2.15. The smallest absolute Gasteiger partial charge is 0.229 e. The summed E-state index contributed by atoms with van der Waals surface area (Å²) >= 11 is 1.62. The molecular weight excluding hydrogens is 198 g/mol. The number of rotatable bonds is 2. The van der Waals surface area contributed by atoms with E-state index in [1.165, 1.54) is 0 Å². The first-order chi connectivity index (χ1) is 6.65. The third kappa shape index (κ3) is 1.77. The zero-order valence-corrected chi connectivity index (χ0v) is 8.88. The first-order valence-electron chi connectivity index (χ1n) is 4.27. The molecule has 0 radical (unpaired) electrons. The highest BCUT2D eigenvalue weighted by atomic mass is 32.1. The highest BCUT2D eigenvalue weighted by Gasteiger charge is 2.07. The van der Waals surface area contributed by atoms with E-state index < -0.39 is 0 Å². The van der Waals surface area contributed by atoms with Gasteiger partial charge in [-0.15, -0.1) is 11.3 Å². The molecule has 4 nitrogen and oxygen atoms in total. The van der Waals surface area contributed by atoms with Gasteiger partial charge >= 0.3 is 0 Å². The lowest BCUT2D eigenvalue weighted by molar-refractivity contribution is 0.455. The molecule has 0 unspecified atom stereocenters. The second kappa shape index (κ2) is 3.42. The molecule has 2 aromatic heterocycles. The average molecular weight is 209 g/mol. The first kappa shape index (κ1) is 9.21. The van der Waals surface area contributed by atoms with Crippen molar-refractivity contribution in [3.63, 3.8) is 0 Å². The molecule has 0 bridgehead atoms. The Morgan fingerprint density at radius 2 is 2.29 bits per heavy atom. The molecule has 2 aromatic rings. The van der Waals surface area contributed by atoms with Crippen LogP contribution in [0, 0.1) is 6.92 Å². The van der Waals surface area contributed by atoms with Crippen LogP contribution in [0.1, 0.15) is 16.5 Å². The molecule has 0 fully saturated rings. The van der Waals surface area contributed by atoms with Crippen LogP contribution in [0.3, 0.4) is 0 Å². The molecule has 0 aromatic carbocycles. The quantitative estimate of drug-likeness (QED) is 0.815. The van der Waals surface area contributed by atoms with Crippen LogP contribution in [-0.4, -0.2) is 19.6 Å². The maximum Gasteiger partial charge on any atom is 0.229 e. The summed E-state index contributed by atoms with van der Waals surface area (Å²) in [7, 11) is 1.86. The fourth-order valence-electron chi connectivity index (χ4n) is 1.27. The van der Waals surface area contributed by atoms with E-state index in [1.54, 1.807) is 17.5 Å². The van der Waals surface area contributed by atoms with Gasteiger partial charge in [-0.05, 0) is 6.92 Å². The van der Waals surface area contributed by atoms with Crippen molar-refractivity contribution in [2.24, 2.45) is 7.05 Å². The summed E-state index contributed by atoms with van der Waals surface area (Å²) in [5.74, 6) is 0.896. The van der Waals surface area contributed by atoms with Gasteiger partial charge in [-0.3, -0.25) is 0 Å². The van der Waals surface area contributed by atoms with Crippen molar-refractivity contribution in [1.29, 1.82) is 0 Å². The minimum Gasteiger partial charge on any atom is -0.492 e. The predicted molar refractivity (Wildman–Crippen MR) is 54.5 cm³/mol. The van der Waals surface area contributed by atoms with Crippen molar-refractivity contribution in [2.75, 3.05) is 0 Å². The number of aromatic hydroxyl groups is 1. The summed E-state index contributed by atoms with van der Waals surface area (Å²) in [6.45, 7) is 1.97.